The van der Waals surface area contributed by atoms with Crippen LogP contribution in [0.4, 0.5) is 0 Å². The van der Waals surface area contributed by atoms with Gasteiger partial charge < -0.3 is 9.94 Å². The number of aliphatic hydroxyl groups is 1. The zero-order valence-electron chi connectivity index (χ0n) is 13.0. The lowest BCUT2D eigenvalue weighted by Gasteiger charge is -2.28. The first-order chi connectivity index (χ1) is 11.3. The van der Waals surface area contributed by atoms with Crippen LogP contribution in [-0.4, -0.2) is 22.2 Å². The first-order valence-corrected chi connectivity index (χ1v) is 8.83. The van der Waals surface area contributed by atoms with Gasteiger partial charge in [-0.05, 0) is 37.0 Å². The molecule has 3 rings (SSSR count). The molecule has 0 heterocycles. The number of rotatable bonds is 5. The number of aliphatic hydroxyl groups excluding tert-OH is 1. The van der Waals surface area contributed by atoms with Crippen molar-refractivity contribution >= 4 is 17.5 Å². The largest absolute Gasteiger partial charge is 0.391 e. The molecule has 2 aromatic rings. The molecule has 0 amide bonds. The van der Waals surface area contributed by atoms with E-state index in [1.54, 1.807) is 11.8 Å². The summed E-state index contributed by atoms with van der Waals surface area (Å²) in [7, 11) is 0. The molecule has 0 aromatic heterocycles. The molecule has 0 radical (unpaired) electrons. The van der Waals surface area contributed by atoms with Crippen LogP contribution in [0.3, 0.4) is 0 Å². The Balaban J connectivity index is 1.58. The number of benzene rings is 2. The number of thioether (sulfide) groups is 1. The highest BCUT2D eigenvalue weighted by Crippen LogP contribution is 2.33. The second-order valence-corrected chi connectivity index (χ2v) is 6.96. The van der Waals surface area contributed by atoms with E-state index in [0.29, 0.717) is 6.61 Å². The summed E-state index contributed by atoms with van der Waals surface area (Å²) < 4.78 is 0. The Morgan fingerprint density at radius 2 is 1.74 bits per heavy atom. The molecule has 0 aliphatic heterocycles. The Morgan fingerprint density at radius 3 is 2.48 bits per heavy atom. The molecular weight excluding hydrogens is 306 g/mol. The van der Waals surface area contributed by atoms with Gasteiger partial charge in [0.15, 0.2) is 0 Å². The van der Waals surface area contributed by atoms with Gasteiger partial charge in [0.1, 0.15) is 12.7 Å². The van der Waals surface area contributed by atoms with E-state index in [1.807, 2.05) is 48.5 Å². The van der Waals surface area contributed by atoms with Gasteiger partial charge in [-0.25, -0.2) is 0 Å². The van der Waals surface area contributed by atoms with Crippen molar-refractivity contribution in [1.82, 2.24) is 0 Å². The molecule has 1 N–H and O–H groups in total. The van der Waals surface area contributed by atoms with Crippen molar-refractivity contribution in [3.63, 3.8) is 0 Å². The number of oxime groups is 1. The predicted molar refractivity (Wildman–Crippen MR) is 94.6 cm³/mol. The van der Waals surface area contributed by atoms with Crippen LogP contribution in [0.2, 0.25) is 0 Å². The Kier molecular flexibility index (Phi) is 5.72. The minimum Gasteiger partial charge on any atom is -0.391 e. The van der Waals surface area contributed by atoms with Crippen LogP contribution in [0.5, 0.6) is 0 Å². The monoisotopic (exact) mass is 327 g/mol. The average Bonchev–Trinajstić information content (AvgIpc) is 2.60. The van der Waals surface area contributed by atoms with Crippen LogP contribution >= 0.6 is 11.8 Å². The van der Waals surface area contributed by atoms with Gasteiger partial charge in [-0.3, -0.25) is 0 Å². The maximum absolute atomic E-state index is 10.6. The summed E-state index contributed by atoms with van der Waals surface area (Å²) in [5, 5.41) is 14.9. The van der Waals surface area contributed by atoms with Crippen LogP contribution in [0.15, 0.2) is 70.7 Å². The normalized spacial score (nSPS) is 22.9. The molecular formula is C19H21NO2S. The lowest BCUT2D eigenvalue weighted by molar-refractivity contribution is 0.121. The fourth-order valence-corrected chi connectivity index (χ4v) is 3.90. The highest BCUT2D eigenvalue weighted by Gasteiger charge is 2.29. The molecule has 0 spiro atoms. The Bertz CT molecular complexity index is 630. The number of hydrogen-bond acceptors (Lipinski definition) is 4. The molecule has 2 atom stereocenters. The van der Waals surface area contributed by atoms with Gasteiger partial charge >= 0.3 is 0 Å². The van der Waals surface area contributed by atoms with E-state index in [0.717, 1.165) is 30.5 Å². The van der Waals surface area contributed by atoms with E-state index in [1.165, 1.54) is 4.90 Å². The predicted octanol–water partition coefficient (Wildman–Crippen LogP) is 4.26. The zero-order chi connectivity index (χ0) is 15.9. The summed E-state index contributed by atoms with van der Waals surface area (Å²) in [5.41, 5.74) is 1.85. The fraction of sp³-hybridized carbons (Fsp3) is 0.316. The third-order valence-electron chi connectivity index (χ3n) is 3.90. The average molecular weight is 327 g/mol. The maximum Gasteiger partial charge on any atom is 0.142 e. The van der Waals surface area contributed by atoms with Crippen molar-refractivity contribution in [3.05, 3.63) is 66.2 Å². The van der Waals surface area contributed by atoms with Gasteiger partial charge in [0.2, 0.25) is 0 Å². The fourth-order valence-electron chi connectivity index (χ4n) is 2.67. The lowest BCUT2D eigenvalue weighted by Crippen LogP contribution is -2.36. The smallest absolute Gasteiger partial charge is 0.142 e. The first-order valence-electron chi connectivity index (χ1n) is 7.95. The van der Waals surface area contributed by atoms with Crippen LogP contribution in [-0.2, 0) is 11.4 Å². The third kappa shape index (κ3) is 4.60. The molecule has 120 valence electrons. The molecule has 23 heavy (non-hydrogen) atoms. The van der Waals surface area contributed by atoms with Crippen LogP contribution in [0, 0.1) is 0 Å². The van der Waals surface area contributed by atoms with E-state index in [2.05, 4.69) is 17.3 Å². The highest BCUT2D eigenvalue weighted by molar-refractivity contribution is 8.00. The van der Waals surface area contributed by atoms with Gasteiger partial charge in [-0.15, -0.1) is 11.8 Å². The molecule has 0 saturated heterocycles. The molecule has 1 fully saturated rings. The minimum atomic E-state index is -0.537. The van der Waals surface area contributed by atoms with Crippen molar-refractivity contribution in [1.29, 1.82) is 0 Å². The van der Waals surface area contributed by atoms with Crippen LogP contribution < -0.4 is 0 Å². The molecule has 2 aromatic carbocycles. The summed E-state index contributed by atoms with van der Waals surface area (Å²) in [6.45, 7) is 0.438. The summed E-state index contributed by atoms with van der Waals surface area (Å²) in [5.74, 6) is 0. The first kappa shape index (κ1) is 16.1. The van der Waals surface area contributed by atoms with E-state index >= 15 is 0 Å². The van der Waals surface area contributed by atoms with Gasteiger partial charge in [0.05, 0.1) is 5.71 Å². The second-order valence-electron chi connectivity index (χ2n) is 5.65. The maximum atomic E-state index is 10.6. The zero-order valence-corrected chi connectivity index (χ0v) is 13.8. The van der Waals surface area contributed by atoms with E-state index in [9.17, 15) is 5.11 Å². The van der Waals surface area contributed by atoms with Crippen molar-refractivity contribution in [2.45, 2.75) is 42.1 Å². The third-order valence-corrected chi connectivity index (χ3v) is 5.24. The van der Waals surface area contributed by atoms with Gasteiger partial charge in [-0.1, -0.05) is 53.7 Å². The van der Waals surface area contributed by atoms with Gasteiger partial charge in [0.25, 0.3) is 0 Å². The number of nitrogens with zero attached hydrogens (tertiary/aromatic N) is 1. The summed E-state index contributed by atoms with van der Waals surface area (Å²) >= 11 is 1.72. The Morgan fingerprint density at radius 1 is 1.04 bits per heavy atom. The summed E-state index contributed by atoms with van der Waals surface area (Å²) in [6.07, 6.45) is 2.31. The molecule has 1 aliphatic rings. The van der Waals surface area contributed by atoms with Crippen molar-refractivity contribution in [2.24, 2.45) is 5.16 Å². The van der Waals surface area contributed by atoms with Gasteiger partial charge in [0, 0.05) is 10.1 Å². The molecule has 1 aliphatic carbocycles. The van der Waals surface area contributed by atoms with Crippen molar-refractivity contribution in [3.8, 4) is 0 Å². The van der Waals surface area contributed by atoms with Crippen molar-refractivity contribution < 1.29 is 9.94 Å². The van der Waals surface area contributed by atoms with E-state index < -0.39 is 6.10 Å². The molecule has 4 heteroatoms. The van der Waals surface area contributed by atoms with Crippen molar-refractivity contribution in [2.75, 3.05) is 0 Å². The quantitative estimate of drug-likeness (QED) is 0.834. The van der Waals surface area contributed by atoms with Crippen LogP contribution in [0.25, 0.3) is 0 Å². The Hall–Kier alpha value is -1.78. The lowest BCUT2D eigenvalue weighted by atomic mass is 9.95. The van der Waals surface area contributed by atoms with Crippen LogP contribution in [0.1, 0.15) is 24.8 Å². The molecule has 3 nitrogen and oxygen atoms in total. The van der Waals surface area contributed by atoms with E-state index in [-0.39, 0.29) is 5.25 Å². The second kappa shape index (κ2) is 8.18. The topological polar surface area (TPSA) is 41.8 Å². The SMILES string of the molecule is O[C@@H]1/C(=N/OCc2ccccc2)CCC[C@H]1Sc1ccccc1. The number of hydrogen-bond donors (Lipinski definition) is 1. The van der Waals surface area contributed by atoms with Gasteiger partial charge in [-0.2, -0.15) is 0 Å². The molecule has 0 bridgehead atoms. The summed E-state index contributed by atoms with van der Waals surface area (Å²) in [6, 6.07) is 20.2. The highest BCUT2D eigenvalue weighted by atomic mass is 32.2. The summed E-state index contributed by atoms with van der Waals surface area (Å²) in [4.78, 5) is 6.63. The standard InChI is InChI=1S/C19H21NO2S/c21-19-17(20-22-14-15-8-3-1-4-9-15)12-7-13-18(19)23-16-10-5-2-6-11-16/h1-6,8-11,18-19,21H,7,12-14H2/b20-17+/t18-,19-/m1/s1. The molecule has 1 saturated carbocycles. The minimum absolute atomic E-state index is 0.144. The molecule has 0 unspecified atom stereocenters. The van der Waals surface area contributed by atoms with E-state index in [4.69, 9.17) is 4.84 Å². The Labute approximate surface area is 141 Å².